The fourth-order valence-corrected chi connectivity index (χ4v) is 3.76. The van der Waals surface area contributed by atoms with E-state index in [0.717, 1.165) is 16.3 Å². The molecule has 0 aromatic carbocycles. The van der Waals surface area contributed by atoms with Crippen LogP contribution in [0.15, 0.2) is 10.5 Å². The first kappa shape index (κ1) is 15.1. The first-order chi connectivity index (χ1) is 9.45. The molecule has 0 fully saturated rings. The molecule has 0 spiro atoms. The highest BCUT2D eigenvalue weighted by molar-refractivity contribution is 7.89. The first-order valence-corrected chi connectivity index (χ1v) is 8.39. The van der Waals surface area contributed by atoms with Crippen LogP contribution in [0.4, 0.5) is 0 Å². The molecule has 20 heavy (non-hydrogen) atoms. The Hall–Kier alpha value is -1.29. The Morgan fingerprint density at radius 3 is 2.70 bits per heavy atom. The van der Waals surface area contributed by atoms with Crippen LogP contribution >= 0.6 is 11.3 Å². The summed E-state index contributed by atoms with van der Waals surface area (Å²) in [4.78, 5) is 4.99. The first-order valence-electron chi connectivity index (χ1n) is 6.02. The molecule has 2 aromatic heterocycles. The number of sulfonamides is 1. The predicted octanol–water partition coefficient (Wildman–Crippen LogP) is 0.681. The molecule has 2 heterocycles. The van der Waals surface area contributed by atoms with E-state index in [1.54, 1.807) is 19.5 Å². The van der Waals surface area contributed by atoms with E-state index in [0.29, 0.717) is 12.1 Å². The molecule has 7 nitrogen and oxygen atoms in total. The molecule has 0 radical (unpaired) electrons. The van der Waals surface area contributed by atoms with Gasteiger partial charge in [-0.15, -0.1) is 11.3 Å². The largest absolute Gasteiger partial charge is 0.316 e. The van der Waals surface area contributed by atoms with Crippen molar-refractivity contribution in [3.05, 3.63) is 27.3 Å². The minimum Gasteiger partial charge on any atom is -0.316 e. The number of nitrogens with zero attached hydrogens (tertiary/aromatic N) is 2. The van der Waals surface area contributed by atoms with Crippen molar-refractivity contribution < 1.29 is 8.42 Å². The zero-order valence-electron chi connectivity index (χ0n) is 11.5. The maximum Gasteiger partial charge on any atom is 0.260 e. The Kier molecular flexibility index (Phi) is 4.53. The number of hydrogen-bond acceptors (Lipinski definition) is 6. The highest BCUT2D eigenvalue weighted by atomic mass is 32.2. The summed E-state index contributed by atoms with van der Waals surface area (Å²) in [5.74, 6) is 0. The molecule has 0 unspecified atom stereocenters. The van der Waals surface area contributed by atoms with Crippen LogP contribution in [0.3, 0.4) is 0 Å². The topological polar surface area (TPSA) is 99.8 Å². The van der Waals surface area contributed by atoms with Gasteiger partial charge in [0, 0.05) is 29.2 Å². The van der Waals surface area contributed by atoms with Crippen molar-refractivity contribution in [2.75, 3.05) is 7.05 Å². The fourth-order valence-electron chi connectivity index (χ4n) is 1.76. The summed E-state index contributed by atoms with van der Waals surface area (Å²) in [5.41, 5.74) is 3.94. The van der Waals surface area contributed by atoms with E-state index >= 15 is 0 Å². The van der Waals surface area contributed by atoms with Crippen LogP contribution in [0, 0.1) is 13.8 Å². The van der Waals surface area contributed by atoms with E-state index in [9.17, 15) is 8.42 Å². The number of aryl methyl sites for hydroxylation is 2. The van der Waals surface area contributed by atoms with Crippen molar-refractivity contribution >= 4 is 21.4 Å². The summed E-state index contributed by atoms with van der Waals surface area (Å²) < 4.78 is 27.2. The Morgan fingerprint density at radius 2 is 2.10 bits per heavy atom. The lowest BCUT2D eigenvalue weighted by atomic mass is 10.3. The van der Waals surface area contributed by atoms with Crippen molar-refractivity contribution in [3.63, 3.8) is 0 Å². The van der Waals surface area contributed by atoms with Crippen LogP contribution in [0.5, 0.6) is 0 Å². The summed E-state index contributed by atoms with van der Waals surface area (Å²) in [7, 11) is -1.88. The van der Waals surface area contributed by atoms with Crippen LogP contribution in [0.25, 0.3) is 0 Å². The monoisotopic (exact) mass is 315 g/mol. The van der Waals surface area contributed by atoms with Crippen LogP contribution in [0.2, 0.25) is 0 Å². The lowest BCUT2D eigenvalue weighted by molar-refractivity contribution is 0.575. The molecule has 0 amide bonds. The van der Waals surface area contributed by atoms with Crippen molar-refractivity contribution in [2.24, 2.45) is 0 Å². The SMILES string of the molecule is CNCc1c(S(=O)(=O)NCc2scnc2C)n[nH]c1C. The number of H-pyrrole nitrogens is 1. The molecule has 0 aliphatic carbocycles. The molecule has 0 aliphatic rings. The van der Waals surface area contributed by atoms with Gasteiger partial charge in [-0.05, 0) is 20.9 Å². The Labute approximate surface area is 121 Å². The van der Waals surface area contributed by atoms with Crippen molar-refractivity contribution in [3.8, 4) is 0 Å². The van der Waals surface area contributed by atoms with Gasteiger partial charge < -0.3 is 5.32 Å². The summed E-state index contributed by atoms with van der Waals surface area (Å²) >= 11 is 1.43. The lowest BCUT2D eigenvalue weighted by Gasteiger charge is -2.06. The maximum absolute atomic E-state index is 12.3. The predicted molar refractivity (Wildman–Crippen MR) is 77.0 cm³/mol. The third-order valence-corrected chi connectivity index (χ3v) is 5.22. The van der Waals surface area contributed by atoms with Gasteiger partial charge in [-0.1, -0.05) is 0 Å². The molecule has 110 valence electrons. The quantitative estimate of drug-likeness (QED) is 0.728. The lowest BCUT2D eigenvalue weighted by Crippen LogP contribution is -2.25. The van der Waals surface area contributed by atoms with Crippen LogP contribution < -0.4 is 10.0 Å². The Bertz CT molecular complexity index is 689. The van der Waals surface area contributed by atoms with Crippen molar-refractivity contribution in [1.82, 2.24) is 25.2 Å². The average molecular weight is 315 g/mol. The second kappa shape index (κ2) is 6.00. The standard InChI is InChI=1S/C11H17N5O2S2/c1-7-9(4-12-3)11(16-15-7)20(17,18)14-5-10-8(2)13-6-19-10/h6,12,14H,4-5H2,1-3H3,(H,15,16). The molecule has 0 saturated heterocycles. The zero-order chi connectivity index (χ0) is 14.8. The third-order valence-electron chi connectivity index (χ3n) is 2.91. The molecule has 9 heteroatoms. The van der Waals surface area contributed by atoms with E-state index in [1.807, 2.05) is 6.92 Å². The number of aromatic amines is 1. The normalized spacial score (nSPS) is 11.9. The average Bonchev–Trinajstić information content (AvgIpc) is 2.95. The van der Waals surface area contributed by atoms with Gasteiger partial charge in [-0.25, -0.2) is 18.1 Å². The van der Waals surface area contributed by atoms with Crippen LogP contribution in [-0.4, -0.2) is 30.6 Å². The molecule has 2 rings (SSSR count). The highest BCUT2D eigenvalue weighted by Crippen LogP contribution is 2.17. The summed E-state index contributed by atoms with van der Waals surface area (Å²) in [6.07, 6.45) is 0. The van der Waals surface area contributed by atoms with E-state index in [1.165, 1.54) is 11.3 Å². The Balaban J connectivity index is 2.20. The second-order valence-corrected chi connectivity index (χ2v) is 6.97. The number of hydrogen-bond donors (Lipinski definition) is 3. The van der Waals surface area contributed by atoms with Gasteiger partial charge in [-0.2, -0.15) is 5.10 Å². The molecule has 2 aromatic rings. The number of rotatable bonds is 6. The Morgan fingerprint density at radius 1 is 1.35 bits per heavy atom. The zero-order valence-corrected chi connectivity index (χ0v) is 13.2. The minimum absolute atomic E-state index is 0.0477. The van der Waals surface area contributed by atoms with E-state index in [4.69, 9.17) is 0 Å². The maximum atomic E-state index is 12.3. The highest BCUT2D eigenvalue weighted by Gasteiger charge is 2.23. The van der Waals surface area contributed by atoms with Gasteiger partial charge in [0.25, 0.3) is 10.0 Å². The molecule has 0 saturated carbocycles. The van der Waals surface area contributed by atoms with Gasteiger partial charge in [0.15, 0.2) is 5.03 Å². The molecule has 0 aliphatic heterocycles. The van der Waals surface area contributed by atoms with Crippen molar-refractivity contribution in [1.29, 1.82) is 0 Å². The van der Waals surface area contributed by atoms with E-state index in [2.05, 4.69) is 25.2 Å². The summed E-state index contributed by atoms with van der Waals surface area (Å²) in [6.45, 7) is 4.32. The molecule has 3 N–H and O–H groups in total. The number of aromatic nitrogens is 3. The van der Waals surface area contributed by atoms with E-state index < -0.39 is 10.0 Å². The second-order valence-electron chi connectivity index (χ2n) is 4.35. The summed E-state index contributed by atoms with van der Waals surface area (Å²) in [5, 5.41) is 9.60. The van der Waals surface area contributed by atoms with Gasteiger partial charge in [0.1, 0.15) is 0 Å². The van der Waals surface area contributed by atoms with Crippen molar-refractivity contribution in [2.45, 2.75) is 32.0 Å². The molecular formula is C11H17N5O2S2. The minimum atomic E-state index is -3.64. The summed E-state index contributed by atoms with van der Waals surface area (Å²) in [6, 6.07) is 0. The molecular weight excluding hydrogens is 298 g/mol. The fraction of sp³-hybridized carbons (Fsp3) is 0.455. The number of thiazole rings is 1. The smallest absolute Gasteiger partial charge is 0.260 e. The molecule has 0 bridgehead atoms. The molecule has 0 atom stereocenters. The van der Waals surface area contributed by atoms with E-state index in [-0.39, 0.29) is 11.6 Å². The van der Waals surface area contributed by atoms with Gasteiger partial charge >= 0.3 is 0 Å². The third kappa shape index (κ3) is 3.06. The van der Waals surface area contributed by atoms with Crippen LogP contribution in [-0.2, 0) is 23.1 Å². The van der Waals surface area contributed by atoms with Crippen LogP contribution in [0.1, 0.15) is 21.8 Å². The van der Waals surface area contributed by atoms with Gasteiger partial charge in [-0.3, -0.25) is 5.10 Å². The van der Waals surface area contributed by atoms with Gasteiger partial charge in [0.05, 0.1) is 11.2 Å². The number of nitrogens with one attached hydrogen (secondary N) is 3. The van der Waals surface area contributed by atoms with Gasteiger partial charge in [0.2, 0.25) is 0 Å².